The Hall–Kier alpha value is -2.19. The van der Waals surface area contributed by atoms with Gasteiger partial charge >= 0.3 is 12.1 Å². The number of aromatic nitrogens is 3. The minimum atomic E-state index is -0.603. The molecule has 0 saturated carbocycles. The Morgan fingerprint density at radius 2 is 1.92 bits per heavy atom. The zero-order valence-electron chi connectivity index (χ0n) is 15.1. The van der Waals surface area contributed by atoms with Crippen LogP contribution in [0.3, 0.4) is 0 Å². The van der Waals surface area contributed by atoms with Crippen molar-refractivity contribution in [1.29, 1.82) is 0 Å². The van der Waals surface area contributed by atoms with Gasteiger partial charge in [0.1, 0.15) is 12.3 Å². The number of hydrogen-bond acceptors (Lipinski definition) is 6. The molecule has 2 heterocycles. The lowest BCUT2D eigenvalue weighted by Crippen LogP contribution is -2.41. The van der Waals surface area contributed by atoms with Crippen molar-refractivity contribution >= 4 is 12.1 Å². The molecule has 8 nitrogen and oxygen atoms in total. The van der Waals surface area contributed by atoms with Gasteiger partial charge in [-0.2, -0.15) is 0 Å². The molecule has 0 N–H and O–H groups in total. The van der Waals surface area contributed by atoms with E-state index in [2.05, 4.69) is 10.3 Å². The standard InChI is InChI=1S/C16H25FN4O4/c1-16(2,3)25-15(23)20-8-5-11(6-9-20)13-12(14(22)24-4)18-19-21(13)10-7-17/h11H,5-10H2,1-4H3. The summed E-state index contributed by atoms with van der Waals surface area (Å²) in [4.78, 5) is 25.7. The van der Waals surface area contributed by atoms with Crippen LogP contribution in [0.2, 0.25) is 0 Å². The molecule has 1 fully saturated rings. The fourth-order valence-electron chi connectivity index (χ4n) is 2.87. The van der Waals surface area contributed by atoms with Crippen LogP contribution in [0.15, 0.2) is 0 Å². The van der Waals surface area contributed by atoms with Gasteiger partial charge in [0, 0.05) is 19.0 Å². The maximum Gasteiger partial charge on any atom is 0.410 e. The molecule has 0 unspecified atom stereocenters. The lowest BCUT2D eigenvalue weighted by atomic mass is 9.92. The Balaban J connectivity index is 2.11. The number of methoxy groups -OCH3 is 1. The second kappa shape index (κ2) is 7.79. The highest BCUT2D eigenvalue weighted by Gasteiger charge is 2.32. The quantitative estimate of drug-likeness (QED) is 0.768. The summed E-state index contributed by atoms with van der Waals surface area (Å²) in [6.07, 6.45) is 0.876. The zero-order chi connectivity index (χ0) is 18.6. The number of carbonyl (C=O) groups is 2. The van der Waals surface area contributed by atoms with E-state index in [9.17, 15) is 14.0 Å². The highest BCUT2D eigenvalue weighted by Crippen LogP contribution is 2.30. The van der Waals surface area contributed by atoms with Crippen molar-refractivity contribution in [3.63, 3.8) is 0 Å². The monoisotopic (exact) mass is 356 g/mol. The summed E-state index contributed by atoms with van der Waals surface area (Å²) in [7, 11) is 1.27. The van der Waals surface area contributed by atoms with Gasteiger partial charge in [0.15, 0.2) is 5.69 Å². The van der Waals surface area contributed by atoms with E-state index >= 15 is 0 Å². The van der Waals surface area contributed by atoms with E-state index in [-0.39, 0.29) is 24.2 Å². The Kier molecular flexibility index (Phi) is 5.97. The zero-order valence-corrected chi connectivity index (χ0v) is 15.1. The van der Waals surface area contributed by atoms with Crippen LogP contribution < -0.4 is 0 Å². The third kappa shape index (κ3) is 4.67. The van der Waals surface area contributed by atoms with Crippen LogP contribution >= 0.6 is 0 Å². The number of likely N-dealkylation sites (tertiary alicyclic amines) is 1. The number of alkyl halides is 1. The third-order valence-corrected chi connectivity index (χ3v) is 3.98. The Labute approximate surface area is 146 Å². The number of esters is 1. The predicted molar refractivity (Wildman–Crippen MR) is 87.1 cm³/mol. The molecule has 1 amide bonds. The summed E-state index contributed by atoms with van der Waals surface area (Å²) in [5, 5.41) is 7.72. The molecule has 0 aliphatic carbocycles. The maximum atomic E-state index is 12.8. The van der Waals surface area contributed by atoms with Crippen molar-refractivity contribution in [3.8, 4) is 0 Å². The topological polar surface area (TPSA) is 86.5 Å². The van der Waals surface area contributed by atoms with Crippen molar-refractivity contribution in [2.45, 2.75) is 51.7 Å². The normalized spacial score (nSPS) is 16.0. The lowest BCUT2D eigenvalue weighted by Gasteiger charge is -2.33. The summed E-state index contributed by atoms with van der Waals surface area (Å²) in [6, 6.07) is 0. The third-order valence-electron chi connectivity index (χ3n) is 3.98. The SMILES string of the molecule is COC(=O)c1nnn(CCF)c1C1CCN(C(=O)OC(C)(C)C)CC1. The summed E-state index contributed by atoms with van der Waals surface area (Å²) in [5.74, 6) is -0.635. The van der Waals surface area contributed by atoms with Gasteiger partial charge in [-0.25, -0.2) is 18.7 Å². The molecule has 1 aromatic rings. The van der Waals surface area contributed by atoms with Gasteiger partial charge in [0.05, 0.1) is 19.3 Å². The van der Waals surface area contributed by atoms with Crippen molar-refractivity contribution < 1.29 is 23.5 Å². The van der Waals surface area contributed by atoms with E-state index in [1.54, 1.807) is 4.90 Å². The molecule has 1 aliphatic rings. The molecule has 0 bridgehead atoms. The molecule has 0 aromatic carbocycles. The maximum absolute atomic E-state index is 12.8. The first-order valence-electron chi connectivity index (χ1n) is 8.32. The fraction of sp³-hybridized carbons (Fsp3) is 0.750. The van der Waals surface area contributed by atoms with Crippen molar-refractivity contribution in [1.82, 2.24) is 19.9 Å². The van der Waals surface area contributed by atoms with Crippen LogP contribution in [0, 0.1) is 0 Å². The Bertz CT molecular complexity index is 618. The molecule has 0 spiro atoms. The average Bonchev–Trinajstić information content (AvgIpc) is 2.96. The number of nitrogens with zero attached hydrogens (tertiary/aromatic N) is 4. The summed E-state index contributed by atoms with van der Waals surface area (Å²) in [5.41, 5.74) is 0.148. The van der Waals surface area contributed by atoms with Gasteiger partial charge in [-0.3, -0.25) is 0 Å². The molecule has 1 aliphatic heterocycles. The van der Waals surface area contributed by atoms with E-state index in [0.29, 0.717) is 31.6 Å². The number of carbonyl (C=O) groups excluding carboxylic acids is 2. The smallest absolute Gasteiger partial charge is 0.410 e. The van der Waals surface area contributed by atoms with Gasteiger partial charge in [-0.1, -0.05) is 5.21 Å². The molecular weight excluding hydrogens is 331 g/mol. The Morgan fingerprint density at radius 3 is 2.44 bits per heavy atom. The van der Waals surface area contributed by atoms with E-state index in [0.717, 1.165) is 0 Å². The lowest BCUT2D eigenvalue weighted by molar-refractivity contribution is 0.0202. The predicted octanol–water partition coefficient (Wildman–Crippen LogP) is 2.15. The van der Waals surface area contributed by atoms with Crippen LogP contribution in [0.1, 0.15) is 55.7 Å². The van der Waals surface area contributed by atoms with Crippen LogP contribution in [0.25, 0.3) is 0 Å². The van der Waals surface area contributed by atoms with Crippen LogP contribution in [0.5, 0.6) is 0 Å². The fourth-order valence-corrected chi connectivity index (χ4v) is 2.87. The van der Waals surface area contributed by atoms with Gasteiger partial charge in [-0.15, -0.1) is 5.10 Å². The van der Waals surface area contributed by atoms with Crippen molar-refractivity contribution in [2.24, 2.45) is 0 Å². The molecular formula is C16H25FN4O4. The number of halogens is 1. The average molecular weight is 356 g/mol. The first-order valence-corrected chi connectivity index (χ1v) is 8.32. The first kappa shape index (κ1) is 19.1. The first-order chi connectivity index (χ1) is 11.8. The number of ether oxygens (including phenoxy) is 2. The number of hydrogen-bond donors (Lipinski definition) is 0. The summed E-state index contributed by atoms with van der Waals surface area (Å²) < 4.78 is 24.3. The van der Waals surface area contributed by atoms with Gasteiger partial charge in [0.25, 0.3) is 0 Å². The van der Waals surface area contributed by atoms with E-state index in [4.69, 9.17) is 9.47 Å². The van der Waals surface area contributed by atoms with Crippen molar-refractivity contribution in [2.75, 3.05) is 26.9 Å². The highest BCUT2D eigenvalue weighted by atomic mass is 19.1. The molecule has 9 heteroatoms. The Morgan fingerprint density at radius 1 is 1.28 bits per heavy atom. The second-order valence-electron chi connectivity index (χ2n) is 6.97. The molecule has 1 saturated heterocycles. The largest absolute Gasteiger partial charge is 0.464 e. The molecule has 25 heavy (non-hydrogen) atoms. The van der Waals surface area contributed by atoms with E-state index in [1.807, 2.05) is 20.8 Å². The summed E-state index contributed by atoms with van der Waals surface area (Å²) >= 11 is 0. The van der Waals surface area contributed by atoms with Gasteiger partial charge in [-0.05, 0) is 33.6 Å². The van der Waals surface area contributed by atoms with Crippen molar-refractivity contribution in [3.05, 3.63) is 11.4 Å². The van der Waals surface area contributed by atoms with Crippen LogP contribution in [-0.4, -0.2) is 64.4 Å². The molecule has 0 atom stereocenters. The highest BCUT2D eigenvalue weighted by molar-refractivity contribution is 5.88. The van der Waals surface area contributed by atoms with E-state index < -0.39 is 18.2 Å². The molecule has 2 rings (SSSR count). The minimum absolute atomic E-state index is 0.0333. The van der Waals surface area contributed by atoms with Crippen LogP contribution in [-0.2, 0) is 16.0 Å². The van der Waals surface area contributed by atoms with E-state index in [1.165, 1.54) is 11.8 Å². The second-order valence-corrected chi connectivity index (χ2v) is 6.97. The van der Waals surface area contributed by atoms with Crippen LogP contribution in [0.4, 0.5) is 9.18 Å². The van der Waals surface area contributed by atoms with Gasteiger partial charge in [0.2, 0.25) is 0 Å². The number of piperidine rings is 1. The molecule has 1 aromatic heterocycles. The number of amides is 1. The molecule has 0 radical (unpaired) electrons. The molecule has 140 valence electrons. The number of rotatable bonds is 4. The number of aryl methyl sites for hydroxylation is 1. The summed E-state index contributed by atoms with van der Waals surface area (Å²) in [6.45, 7) is 5.87. The minimum Gasteiger partial charge on any atom is -0.464 e. The van der Waals surface area contributed by atoms with Gasteiger partial charge < -0.3 is 14.4 Å².